The first-order valence-electron chi connectivity index (χ1n) is 7.47. The van der Waals surface area contributed by atoms with Gasteiger partial charge in [-0.05, 0) is 12.8 Å². The Balaban J connectivity index is 2.77. The van der Waals surface area contributed by atoms with Gasteiger partial charge in [0, 0.05) is 12.5 Å². The van der Waals surface area contributed by atoms with E-state index in [9.17, 15) is 10.1 Å². The van der Waals surface area contributed by atoms with Crippen LogP contribution in [-0.4, -0.2) is 5.97 Å². The minimum absolute atomic E-state index is 0.504. The summed E-state index contributed by atoms with van der Waals surface area (Å²) in [4.78, 5) is 20.9. The summed E-state index contributed by atoms with van der Waals surface area (Å²) in [6.07, 6.45) is 5.89. The zero-order valence-electron chi connectivity index (χ0n) is 12.8. The molecule has 0 fully saturated rings. The molecule has 0 N–H and O–H groups in total. The average Bonchev–Trinajstić information content (AvgIpc) is 2.51. The van der Waals surface area contributed by atoms with Gasteiger partial charge in [0.25, 0.3) is 0 Å². The third kappa shape index (κ3) is 5.57. The lowest BCUT2D eigenvalue weighted by atomic mass is 9.89. The number of hydrogen-bond donors (Lipinski definition) is 0. The fraction of sp³-hybridized carbons (Fsp3) is 0.529. The van der Waals surface area contributed by atoms with Crippen molar-refractivity contribution in [3.05, 3.63) is 35.9 Å². The highest BCUT2D eigenvalue weighted by molar-refractivity contribution is 5.65. The Morgan fingerprint density at radius 3 is 2.43 bits per heavy atom. The van der Waals surface area contributed by atoms with Gasteiger partial charge in [0.05, 0.1) is 0 Å². The van der Waals surface area contributed by atoms with Gasteiger partial charge >= 0.3 is 5.97 Å². The second-order valence-corrected chi connectivity index (χ2v) is 5.13. The molecule has 114 valence electrons. The summed E-state index contributed by atoms with van der Waals surface area (Å²) in [6, 6.07) is 11.4. The number of unbranched alkanes of at least 4 members (excludes halogenated alkanes) is 4. The van der Waals surface area contributed by atoms with Crippen molar-refractivity contribution >= 4 is 5.97 Å². The quantitative estimate of drug-likeness (QED) is 0.387. The Hall–Kier alpha value is -1.86. The summed E-state index contributed by atoms with van der Waals surface area (Å²) < 4.78 is 0. The molecule has 1 aromatic rings. The molecule has 0 spiro atoms. The van der Waals surface area contributed by atoms with Crippen molar-refractivity contribution in [3.63, 3.8) is 0 Å². The summed E-state index contributed by atoms with van der Waals surface area (Å²) in [5.41, 5.74) is -0.511. The van der Waals surface area contributed by atoms with Gasteiger partial charge in [-0.2, -0.15) is 10.1 Å². The molecular formula is C17H23NO3. The van der Waals surface area contributed by atoms with Gasteiger partial charge in [0.15, 0.2) is 0 Å². The van der Waals surface area contributed by atoms with Crippen molar-refractivity contribution in [2.24, 2.45) is 0 Å². The summed E-state index contributed by atoms with van der Waals surface area (Å²) in [5, 5.41) is 9.58. The molecule has 1 unspecified atom stereocenters. The molecule has 0 heterocycles. The Bertz CT molecular complexity index is 467. The standard InChI is InChI=1S/C17H23NO3/c1-3-4-5-6-10-13-17(14-18,21-20-15(2)19)16-11-8-7-9-12-16/h7-9,11-12H,3-6,10,13H2,1-2H3. The van der Waals surface area contributed by atoms with Crippen LogP contribution in [0.2, 0.25) is 0 Å². The van der Waals surface area contributed by atoms with Crippen molar-refractivity contribution in [2.45, 2.75) is 58.0 Å². The number of carbonyl (C=O) groups is 1. The van der Waals surface area contributed by atoms with E-state index in [0.717, 1.165) is 19.3 Å². The molecule has 0 aliphatic carbocycles. The third-order valence-electron chi connectivity index (χ3n) is 3.35. The number of carbonyl (C=O) groups excluding carboxylic acids is 1. The predicted molar refractivity (Wildman–Crippen MR) is 80.0 cm³/mol. The molecule has 0 aromatic heterocycles. The number of hydrogen-bond acceptors (Lipinski definition) is 4. The van der Waals surface area contributed by atoms with E-state index in [0.29, 0.717) is 12.0 Å². The normalized spacial score (nSPS) is 13.2. The molecule has 0 aliphatic rings. The second-order valence-electron chi connectivity index (χ2n) is 5.13. The highest BCUT2D eigenvalue weighted by atomic mass is 17.2. The van der Waals surface area contributed by atoms with Gasteiger partial charge < -0.3 is 0 Å². The predicted octanol–water partition coefficient (Wildman–Crippen LogP) is 4.26. The minimum Gasteiger partial charge on any atom is -0.297 e. The van der Waals surface area contributed by atoms with E-state index in [-0.39, 0.29) is 0 Å². The Kier molecular flexibility index (Phi) is 7.49. The molecular weight excluding hydrogens is 266 g/mol. The molecule has 0 saturated heterocycles. The zero-order chi connectivity index (χ0) is 15.6. The molecule has 0 saturated carbocycles. The molecule has 0 radical (unpaired) electrons. The van der Waals surface area contributed by atoms with Crippen LogP contribution in [0.4, 0.5) is 0 Å². The lowest BCUT2D eigenvalue weighted by Crippen LogP contribution is -2.29. The fourth-order valence-electron chi connectivity index (χ4n) is 2.19. The van der Waals surface area contributed by atoms with E-state index in [1.54, 1.807) is 0 Å². The SMILES string of the molecule is CCCCCCCC(C#N)(OOC(C)=O)c1ccccc1. The summed E-state index contributed by atoms with van der Waals surface area (Å²) in [5.74, 6) is -0.559. The number of rotatable bonds is 9. The molecule has 0 bridgehead atoms. The maximum atomic E-state index is 11.0. The Morgan fingerprint density at radius 1 is 1.19 bits per heavy atom. The summed E-state index contributed by atoms with van der Waals surface area (Å²) >= 11 is 0. The van der Waals surface area contributed by atoms with E-state index in [4.69, 9.17) is 4.89 Å². The van der Waals surface area contributed by atoms with Crippen molar-refractivity contribution in [1.29, 1.82) is 5.26 Å². The molecule has 1 atom stereocenters. The smallest absolute Gasteiger partial charge is 0.297 e. The molecule has 21 heavy (non-hydrogen) atoms. The number of benzene rings is 1. The van der Waals surface area contributed by atoms with Crippen LogP contribution in [0.3, 0.4) is 0 Å². The lowest BCUT2D eigenvalue weighted by Gasteiger charge is -2.24. The van der Waals surface area contributed by atoms with Gasteiger partial charge in [0.1, 0.15) is 6.07 Å². The highest BCUT2D eigenvalue weighted by Crippen LogP contribution is 2.31. The fourth-order valence-corrected chi connectivity index (χ4v) is 2.19. The van der Waals surface area contributed by atoms with Gasteiger partial charge in [0.2, 0.25) is 5.60 Å². The van der Waals surface area contributed by atoms with Gasteiger partial charge in [-0.3, -0.25) is 4.89 Å². The minimum atomic E-state index is -1.22. The molecule has 1 aromatic carbocycles. The van der Waals surface area contributed by atoms with E-state index in [1.807, 2.05) is 30.3 Å². The van der Waals surface area contributed by atoms with E-state index < -0.39 is 11.6 Å². The van der Waals surface area contributed by atoms with E-state index in [1.165, 1.54) is 19.8 Å². The van der Waals surface area contributed by atoms with E-state index in [2.05, 4.69) is 17.9 Å². The first kappa shape index (κ1) is 17.2. The van der Waals surface area contributed by atoms with Crippen molar-refractivity contribution in [3.8, 4) is 6.07 Å². The Labute approximate surface area is 126 Å². The van der Waals surface area contributed by atoms with Crippen LogP contribution in [0.15, 0.2) is 30.3 Å². The monoisotopic (exact) mass is 289 g/mol. The maximum Gasteiger partial charge on any atom is 0.339 e. The van der Waals surface area contributed by atoms with Crippen LogP contribution in [0.5, 0.6) is 0 Å². The molecule has 0 aliphatic heterocycles. The van der Waals surface area contributed by atoms with Crippen LogP contribution in [0.1, 0.15) is 57.9 Å². The second kappa shape index (κ2) is 9.15. The Morgan fingerprint density at radius 2 is 1.86 bits per heavy atom. The lowest BCUT2D eigenvalue weighted by molar-refractivity contribution is -0.323. The maximum absolute atomic E-state index is 11.0. The van der Waals surface area contributed by atoms with Crippen LogP contribution in [0.25, 0.3) is 0 Å². The first-order chi connectivity index (χ1) is 10.1. The van der Waals surface area contributed by atoms with Gasteiger partial charge in [-0.15, -0.1) is 0 Å². The van der Waals surface area contributed by atoms with Crippen LogP contribution < -0.4 is 0 Å². The van der Waals surface area contributed by atoms with Crippen molar-refractivity contribution in [2.75, 3.05) is 0 Å². The summed E-state index contributed by atoms with van der Waals surface area (Å²) in [6.45, 7) is 3.42. The average molecular weight is 289 g/mol. The highest BCUT2D eigenvalue weighted by Gasteiger charge is 2.35. The molecule has 0 amide bonds. The van der Waals surface area contributed by atoms with Crippen LogP contribution in [0, 0.1) is 11.3 Å². The van der Waals surface area contributed by atoms with Crippen LogP contribution >= 0.6 is 0 Å². The largest absolute Gasteiger partial charge is 0.339 e. The van der Waals surface area contributed by atoms with Gasteiger partial charge in [-0.25, -0.2) is 4.79 Å². The van der Waals surface area contributed by atoms with Crippen molar-refractivity contribution < 1.29 is 14.6 Å². The number of nitrogens with zero attached hydrogens (tertiary/aromatic N) is 1. The zero-order valence-corrected chi connectivity index (χ0v) is 12.8. The summed E-state index contributed by atoms with van der Waals surface area (Å²) in [7, 11) is 0. The first-order valence-corrected chi connectivity index (χ1v) is 7.47. The molecule has 1 rings (SSSR count). The van der Waals surface area contributed by atoms with Crippen LogP contribution in [-0.2, 0) is 20.2 Å². The van der Waals surface area contributed by atoms with E-state index >= 15 is 0 Å². The molecule has 4 heteroatoms. The van der Waals surface area contributed by atoms with Gasteiger partial charge in [-0.1, -0.05) is 62.9 Å². The molecule has 4 nitrogen and oxygen atoms in total. The van der Waals surface area contributed by atoms with Crippen molar-refractivity contribution in [1.82, 2.24) is 0 Å². The third-order valence-corrected chi connectivity index (χ3v) is 3.35. The number of nitriles is 1. The topological polar surface area (TPSA) is 59.3 Å².